The van der Waals surface area contributed by atoms with Gasteiger partial charge in [-0.25, -0.2) is 13.2 Å². The molecular formula is C20H17N3O6S2. The van der Waals surface area contributed by atoms with E-state index in [2.05, 4.69) is 9.71 Å². The minimum absolute atomic E-state index is 0.0648. The van der Waals surface area contributed by atoms with Gasteiger partial charge in [-0.15, -0.1) is 4.40 Å². The summed E-state index contributed by atoms with van der Waals surface area (Å²) in [6, 6.07) is 11.3. The highest BCUT2D eigenvalue weighted by atomic mass is 32.2. The molecule has 9 nitrogen and oxygen atoms in total. The second kappa shape index (κ2) is 8.16. The van der Waals surface area contributed by atoms with Crippen molar-refractivity contribution >= 4 is 56.0 Å². The average Bonchev–Trinajstić information content (AvgIpc) is 3.07. The minimum atomic E-state index is -3.46. The number of nitrogens with one attached hydrogen (secondary N) is 1. The number of thioether (sulfide) groups is 1. The van der Waals surface area contributed by atoms with Gasteiger partial charge in [0.1, 0.15) is 0 Å². The molecule has 0 bridgehead atoms. The SMILES string of the molecule is CC(=O)c1cccc(NC(=O)COC(=O)c2ccc3c(c2)SC2=NS(=O)(=O)CCN23)c1. The van der Waals surface area contributed by atoms with Crippen LogP contribution in [0.2, 0.25) is 0 Å². The van der Waals surface area contributed by atoms with E-state index in [0.717, 1.165) is 5.69 Å². The Hall–Kier alpha value is -3.18. The van der Waals surface area contributed by atoms with Crippen molar-refractivity contribution in [2.24, 2.45) is 4.40 Å². The highest BCUT2D eigenvalue weighted by molar-refractivity contribution is 8.15. The van der Waals surface area contributed by atoms with E-state index in [9.17, 15) is 22.8 Å². The molecule has 160 valence electrons. The van der Waals surface area contributed by atoms with Gasteiger partial charge in [0.05, 0.1) is 17.0 Å². The molecule has 0 aliphatic carbocycles. The molecule has 0 spiro atoms. The summed E-state index contributed by atoms with van der Waals surface area (Å²) in [5, 5.41) is 2.94. The molecule has 1 amide bonds. The van der Waals surface area contributed by atoms with E-state index in [-0.39, 0.29) is 17.1 Å². The van der Waals surface area contributed by atoms with Crippen LogP contribution in [0.5, 0.6) is 0 Å². The van der Waals surface area contributed by atoms with Crippen molar-refractivity contribution in [2.75, 3.05) is 29.1 Å². The lowest BCUT2D eigenvalue weighted by Crippen LogP contribution is -2.35. The lowest BCUT2D eigenvalue weighted by Gasteiger charge is -2.22. The van der Waals surface area contributed by atoms with Crippen molar-refractivity contribution in [2.45, 2.75) is 11.8 Å². The molecule has 0 radical (unpaired) electrons. The van der Waals surface area contributed by atoms with Crippen LogP contribution < -0.4 is 10.2 Å². The summed E-state index contributed by atoms with van der Waals surface area (Å²) in [7, 11) is -3.46. The fraction of sp³-hybridized carbons (Fsp3) is 0.200. The number of amidine groups is 1. The zero-order valence-electron chi connectivity index (χ0n) is 16.3. The number of ketones is 1. The summed E-state index contributed by atoms with van der Waals surface area (Å²) in [5.74, 6) is -1.42. The van der Waals surface area contributed by atoms with Crippen molar-refractivity contribution in [1.29, 1.82) is 0 Å². The summed E-state index contributed by atoms with van der Waals surface area (Å²) in [6.45, 7) is 1.23. The molecule has 2 aliphatic rings. The first-order valence-corrected chi connectivity index (χ1v) is 11.6. The summed E-state index contributed by atoms with van der Waals surface area (Å²) < 4.78 is 32.2. The number of benzene rings is 2. The number of sulfonamides is 1. The molecule has 2 heterocycles. The minimum Gasteiger partial charge on any atom is -0.452 e. The lowest BCUT2D eigenvalue weighted by atomic mass is 10.1. The first-order valence-electron chi connectivity index (χ1n) is 9.22. The maximum Gasteiger partial charge on any atom is 0.338 e. The van der Waals surface area contributed by atoms with Crippen molar-refractivity contribution in [1.82, 2.24) is 0 Å². The summed E-state index contributed by atoms with van der Waals surface area (Å²) >= 11 is 1.17. The fourth-order valence-corrected chi connectivity index (χ4v) is 5.38. The number of esters is 1. The number of carbonyl (C=O) groups is 3. The number of rotatable bonds is 5. The molecule has 0 saturated heterocycles. The van der Waals surface area contributed by atoms with Gasteiger partial charge in [0.2, 0.25) is 0 Å². The molecular weight excluding hydrogens is 442 g/mol. The fourth-order valence-electron chi connectivity index (χ4n) is 3.09. The van der Waals surface area contributed by atoms with Gasteiger partial charge >= 0.3 is 5.97 Å². The van der Waals surface area contributed by atoms with Gasteiger partial charge in [0.15, 0.2) is 17.6 Å². The predicted octanol–water partition coefficient (Wildman–Crippen LogP) is 2.30. The van der Waals surface area contributed by atoms with Crippen LogP contribution in [0.1, 0.15) is 27.6 Å². The number of hydrogen-bond acceptors (Lipinski definition) is 8. The molecule has 0 unspecified atom stereocenters. The van der Waals surface area contributed by atoms with Crippen LogP contribution in [0.4, 0.5) is 11.4 Å². The second-order valence-electron chi connectivity index (χ2n) is 6.86. The van der Waals surface area contributed by atoms with E-state index < -0.39 is 28.5 Å². The highest BCUT2D eigenvalue weighted by Gasteiger charge is 2.33. The van der Waals surface area contributed by atoms with Gasteiger partial charge in [0, 0.05) is 22.7 Å². The third-order valence-corrected chi connectivity index (χ3v) is 6.90. The summed E-state index contributed by atoms with van der Waals surface area (Å²) in [5.41, 5.74) is 1.90. The Labute approximate surface area is 182 Å². The van der Waals surface area contributed by atoms with E-state index in [0.29, 0.717) is 27.9 Å². The maximum absolute atomic E-state index is 12.4. The molecule has 4 rings (SSSR count). The van der Waals surface area contributed by atoms with E-state index in [1.165, 1.54) is 24.8 Å². The Kier molecular flexibility index (Phi) is 5.54. The van der Waals surface area contributed by atoms with E-state index in [4.69, 9.17) is 4.74 Å². The summed E-state index contributed by atoms with van der Waals surface area (Å²) in [6.07, 6.45) is 0. The zero-order valence-corrected chi connectivity index (χ0v) is 18.0. The zero-order chi connectivity index (χ0) is 22.2. The van der Waals surface area contributed by atoms with Crippen LogP contribution in [-0.2, 0) is 19.6 Å². The molecule has 0 atom stereocenters. The van der Waals surface area contributed by atoms with Crippen molar-refractivity contribution in [3.63, 3.8) is 0 Å². The quantitative estimate of drug-likeness (QED) is 0.534. The number of carbonyl (C=O) groups excluding carboxylic acids is 3. The average molecular weight is 460 g/mol. The largest absolute Gasteiger partial charge is 0.452 e. The molecule has 1 N–H and O–H groups in total. The van der Waals surface area contributed by atoms with Gasteiger partial charge < -0.3 is 15.0 Å². The number of hydrogen-bond donors (Lipinski definition) is 1. The van der Waals surface area contributed by atoms with E-state index in [1.54, 1.807) is 41.3 Å². The van der Waals surface area contributed by atoms with E-state index >= 15 is 0 Å². The van der Waals surface area contributed by atoms with Crippen molar-refractivity contribution < 1.29 is 27.5 Å². The number of nitrogens with zero attached hydrogens (tertiary/aromatic N) is 2. The van der Waals surface area contributed by atoms with Gasteiger partial charge in [-0.2, -0.15) is 0 Å². The Bertz CT molecular complexity index is 1240. The van der Waals surface area contributed by atoms with Crippen LogP contribution >= 0.6 is 11.8 Å². The molecule has 0 fully saturated rings. The third kappa shape index (κ3) is 4.62. The maximum atomic E-state index is 12.4. The third-order valence-electron chi connectivity index (χ3n) is 4.60. The van der Waals surface area contributed by atoms with Crippen molar-refractivity contribution in [3.05, 3.63) is 53.6 Å². The molecule has 2 aliphatic heterocycles. The monoisotopic (exact) mass is 459 g/mol. The standard InChI is InChI=1S/C20H17N3O6S2/c1-12(24)13-3-2-4-15(9-13)21-18(25)11-29-19(26)14-5-6-16-17(10-14)30-20-22-31(27,28)8-7-23(16)20/h2-6,9-10H,7-8,11H2,1H3,(H,21,25). The van der Waals surface area contributed by atoms with Gasteiger partial charge in [0.25, 0.3) is 15.9 Å². The first kappa shape index (κ1) is 21.1. The topological polar surface area (TPSA) is 122 Å². The molecule has 2 aromatic carbocycles. The summed E-state index contributed by atoms with van der Waals surface area (Å²) in [4.78, 5) is 38.4. The van der Waals surface area contributed by atoms with Crippen LogP contribution in [0.15, 0.2) is 51.8 Å². The van der Waals surface area contributed by atoms with Crippen LogP contribution in [0.3, 0.4) is 0 Å². The van der Waals surface area contributed by atoms with E-state index in [1.807, 2.05) is 0 Å². The number of ether oxygens (including phenoxy) is 1. The number of anilines is 2. The molecule has 0 aromatic heterocycles. The Morgan fingerprint density at radius 1 is 1.16 bits per heavy atom. The van der Waals surface area contributed by atoms with Gasteiger partial charge in [-0.3, -0.25) is 9.59 Å². The Morgan fingerprint density at radius 2 is 1.97 bits per heavy atom. The van der Waals surface area contributed by atoms with Crippen LogP contribution in [0.25, 0.3) is 0 Å². The van der Waals surface area contributed by atoms with Gasteiger partial charge in [-0.05, 0) is 49.0 Å². The number of Topliss-reactive ketones (excluding diaryl/α,β-unsaturated/α-hetero) is 1. The predicted molar refractivity (Wildman–Crippen MR) is 116 cm³/mol. The first-order chi connectivity index (χ1) is 14.7. The smallest absolute Gasteiger partial charge is 0.338 e. The van der Waals surface area contributed by atoms with Crippen LogP contribution in [0, 0.1) is 0 Å². The lowest BCUT2D eigenvalue weighted by molar-refractivity contribution is -0.119. The molecule has 0 saturated carbocycles. The number of fused-ring (bicyclic) bond motifs is 3. The Balaban J connectivity index is 1.39. The van der Waals surface area contributed by atoms with Crippen molar-refractivity contribution in [3.8, 4) is 0 Å². The second-order valence-corrected chi connectivity index (χ2v) is 9.62. The van der Waals surface area contributed by atoms with Gasteiger partial charge in [-0.1, -0.05) is 12.1 Å². The van der Waals surface area contributed by atoms with Crippen LogP contribution in [-0.4, -0.2) is 50.1 Å². The molecule has 31 heavy (non-hydrogen) atoms. The highest BCUT2D eigenvalue weighted by Crippen LogP contribution is 2.42. The molecule has 2 aromatic rings. The molecule has 11 heteroatoms. The number of amides is 1. The normalized spacial score (nSPS) is 16.0. The Morgan fingerprint density at radius 3 is 2.74 bits per heavy atom.